The largest absolute Gasteiger partial charge is 0.493 e. The number of carbonyl (C=O) groups is 2. The van der Waals surface area contributed by atoms with Crippen molar-refractivity contribution in [2.45, 2.75) is 19.3 Å². The molecule has 1 aliphatic heterocycles. The Labute approximate surface area is 99.1 Å². The van der Waals surface area contributed by atoms with Crippen LogP contribution in [0.2, 0.25) is 0 Å². The van der Waals surface area contributed by atoms with E-state index in [2.05, 4.69) is 6.92 Å². The zero-order valence-corrected chi connectivity index (χ0v) is 9.53. The van der Waals surface area contributed by atoms with Crippen LogP contribution in [0.1, 0.15) is 45.5 Å². The maximum absolute atomic E-state index is 12.0. The van der Waals surface area contributed by atoms with Crippen molar-refractivity contribution < 1.29 is 14.3 Å². The molecule has 1 aliphatic carbocycles. The Balaban J connectivity index is 2.30. The average molecular weight is 228 g/mol. The minimum Gasteiger partial charge on any atom is -0.493 e. The molecule has 1 aromatic carbocycles. The Morgan fingerprint density at radius 3 is 2.76 bits per heavy atom. The third kappa shape index (κ3) is 1.42. The van der Waals surface area contributed by atoms with Crippen LogP contribution in [-0.4, -0.2) is 18.2 Å². The number of hydrogen-bond acceptors (Lipinski definition) is 3. The van der Waals surface area contributed by atoms with Crippen molar-refractivity contribution in [3.8, 4) is 5.75 Å². The smallest absolute Gasteiger partial charge is 0.187 e. The summed E-state index contributed by atoms with van der Waals surface area (Å²) in [4.78, 5) is 23.7. The molecule has 0 radical (unpaired) electrons. The van der Waals surface area contributed by atoms with Crippen molar-refractivity contribution in [3.63, 3.8) is 0 Å². The van der Waals surface area contributed by atoms with Gasteiger partial charge in [0, 0.05) is 16.7 Å². The van der Waals surface area contributed by atoms with Crippen molar-refractivity contribution >= 4 is 11.6 Å². The molecule has 3 nitrogen and oxygen atoms in total. The lowest BCUT2D eigenvalue weighted by atomic mass is 9.83. The van der Waals surface area contributed by atoms with E-state index < -0.39 is 0 Å². The molecule has 0 saturated carbocycles. The predicted octanol–water partition coefficient (Wildman–Crippen LogP) is 2.51. The molecule has 0 aromatic heterocycles. The molecule has 1 aromatic rings. The molecule has 0 spiro atoms. The first-order valence-electron chi connectivity index (χ1n) is 5.75. The highest BCUT2D eigenvalue weighted by Crippen LogP contribution is 2.38. The number of hydrogen-bond donors (Lipinski definition) is 0. The first kappa shape index (κ1) is 10.3. The molecule has 0 amide bonds. The minimum absolute atomic E-state index is 0.0891. The van der Waals surface area contributed by atoms with Crippen LogP contribution in [0.5, 0.6) is 5.75 Å². The molecule has 86 valence electrons. The molecule has 0 N–H and O–H groups in total. The van der Waals surface area contributed by atoms with Gasteiger partial charge in [-0.1, -0.05) is 6.92 Å². The summed E-state index contributed by atoms with van der Waals surface area (Å²) in [5, 5.41) is 0. The molecule has 1 atom stereocenters. The van der Waals surface area contributed by atoms with Gasteiger partial charge in [0.15, 0.2) is 11.6 Å². The maximum atomic E-state index is 12.0. The predicted molar refractivity (Wildman–Crippen MR) is 62.8 cm³/mol. The van der Waals surface area contributed by atoms with E-state index >= 15 is 0 Å². The third-order valence-corrected chi connectivity index (χ3v) is 3.40. The molecule has 1 heterocycles. The van der Waals surface area contributed by atoms with Gasteiger partial charge in [-0.2, -0.15) is 0 Å². The summed E-state index contributed by atoms with van der Waals surface area (Å²) in [5.74, 6) is 0.824. The Kier molecular flexibility index (Phi) is 2.15. The van der Waals surface area contributed by atoms with Crippen molar-refractivity contribution in [3.05, 3.63) is 41.0 Å². The topological polar surface area (TPSA) is 43.4 Å². The van der Waals surface area contributed by atoms with Crippen molar-refractivity contribution in [2.24, 2.45) is 0 Å². The van der Waals surface area contributed by atoms with E-state index in [9.17, 15) is 9.59 Å². The Morgan fingerprint density at radius 2 is 1.94 bits per heavy atom. The SMILES string of the molecule is CC1CCOc2ccc3c(c21)C(=O)C=CC3=O. The number of rotatable bonds is 0. The number of allylic oxidation sites excluding steroid dienone is 2. The first-order valence-corrected chi connectivity index (χ1v) is 5.75. The van der Waals surface area contributed by atoms with Crippen LogP contribution < -0.4 is 4.74 Å². The summed E-state index contributed by atoms with van der Waals surface area (Å²) in [5.41, 5.74) is 1.95. The summed E-state index contributed by atoms with van der Waals surface area (Å²) in [6.07, 6.45) is 3.58. The number of ketones is 2. The van der Waals surface area contributed by atoms with E-state index in [1.54, 1.807) is 12.1 Å². The van der Waals surface area contributed by atoms with Gasteiger partial charge in [-0.3, -0.25) is 9.59 Å². The molecule has 3 heteroatoms. The number of carbonyl (C=O) groups excluding carboxylic acids is 2. The van der Waals surface area contributed by atoms with Crippen LogP contribution in [0.4, 0.5) is 0 Å². The van der Waals surface area contributed by atoms with Gasteiger partial charge < -0.3 is 4.74 Å². The van der Waals surface area contributed by atoms with Gasteiger partial charge in [0.25, 0.3) is 0 Å². The minimum atomic E-state index is -0.0971. The van der Waals surface area contributed by atoms with Crippen LogP contribution >= 0.6 is 0 Å². The molecule has 0 fully saturated rings. The van der Waals surface area contributed by atoms with Gasteiger partial charge in [0.05, 0.1) is 6.61 Å². The van der Waals surface area contributed by atoms with Crippen LogP contribution in [0, 0.1) is 0 Å². The lowest BCUT2D eigenvalue weighted by molar-refractivity contribution is 0.0991. The second-order valence-corrected chi connectivity index (χ2v) is 4.50. The summed E-state index contributed by atoms with van der Waals surface area (Å²) in [6.45, 7) is 2.74. The molecule has 0 bridgehead atoms. The maximum Gasteiger partial charge on any atom is 0.187 e. The molecular formula is C14H12O3. The van der Waals surface area contributed by atoms with E-state index in [-0.39, 0.29) is 17.5 Å². The van der Waals surface area contributed by atoms with Crippen molar-refractivity contribution in [1.29, 1.82) is 0 Å². The fourth-order valence-corrected chi connectivity index (χ4v) is 2.50. The molecule has 3 rings (SSSR count). The van der Waals surface area contributed by atoms with Crippen LogP contribution in [0.15, 0.2) is 24.3 Å². The highest BCUT2D eigenvalue weighted by molar-refractivity contribution is 6.23. The van der Waals surface area contributed by atoms with Crippen molar-refractivity contribution in [2.75, 3.05) is 6.61 Å². The molecule has 17 heavy (non-hydrogen) atoms. The van der Waals surface area contributed by atoms with Crippen LogP contribution in [0.25, 0.3) is 0 Å². The summed E-state index contributed by atoms with van der Waals surface area (Å²) < 4.78 is 5.56. The van der Waals surface area contributed by atoms with Crippen molar-refractivity contribution in [1.82, 2.24) is 0 Å². The quantitative estimate of drug-likeness (QED) is 0.685. The lowest BCUT2D eigenvalue weighted by Gasteiger charge is -2.26. The van der Waals surface area contributed by atoms with Crippen LogP contribution in [-0.2, 0) is 0 Å². The highest BCUT2D eigenvalue weighted by Gasteiger charge is 2.29. The van der Waals surface area contributed by atoms with E-state index in [0.717, 1.165) is 17.7 Å². The molecular weight excluding hydrogens is 216 g/mol. The number of benzene rings is 1. The zero-order valence-electron chi connectivity index (χ0n) is 9.53. The monoisotopic (exact) mass is 228 g/mol. The van der Waals surface area contributed by atoms with E-state index in [4.69, 9.17) is 4.74 Å². The fraction of sp³-hybridized carbons (Fsp3) is 0.286. The Hall–Kier alpha value is -1.90. The lowest BCUT2D eigenvalue weighted by Crippen LogP contribution is -2.20. The standard InChI is InChI=1S/C14H12O3/c1-8-6-7-17-12-5-2-9-10(15)3-4-11(16)14(9)13(8)12/h2-5,8H,6-7H2,1H3. The van der Waals surface area contributed by atoms with E-state index in [1.165, 1.54) is 12.2 Å². The van der Waals surface area contributed by atoms with Gasteiger partial charge in [-0.05, 0) is 36.6 Å². The fourth-order valence-electron chi connectivity index (χ4n) is 2.50. The summed E-state index contributed by atoms with van der Waals surface area (Å²) in [7, 11) is 0. The highest BCUT2D eigenvalue weighted by atomic mass is 16.5. The number of ether oxygens (including phenoxy) is 1. The normalized spacial score (nSPS) is 21.8. The Bertz CT molecular complexity index is 555. The second-order valence-electron chi connectivity index (χ2n) is 4.50. The van der Waals surface area contributed by atoms with E-state index in [1.807, 2.05) is 0 Å². The zero-order chi connectivity index (χ0) is 12.0. The average Bonchev–Trinajstić information content (AvgIpc) is 2.33. The molecule has 2 aliphatic rings. The third-order valence-electron chi connectivity index (χ3n) is 3.40. The van der Waals surface area contributed by atoms with Gasteiger partial charge >= 0.3 is 0 Å². The Morgan fingerprint density at radius 1 is 1.18 bits per heavy atom. The van der Waals surface area contributed by atoms with Gasteiger partial charge in [-0.15, -0.1) is 0 Å². The van der Waals surface area contributed by atoms with Gasteiger partial charge in [-0.25, -0.2) is 0 Å². The first-order chi connectivity index (χ1) is 8.18. The summed E-state index contributed by atoms with van der Waals surface area (Å²) in [6, 6.07) is 3.49. The molecule has 1 unspecified atom stereocenters. The van der Waals surface area contributed by atoms with Crippen LogP contribution in [0.3, 0.4) is 0 Å². The van der Waals surface area contributed by atoms with E-state index in [0.29, 0.717) is 17.7 Å². The van der Waals surface area contributed by atoms with Gasteiger partial charge in [0.2, 0.25) is 0 Å². The number of fused-ring (bicyclic) bond motifs is 3. The second kappa shape index (κ2) is 3.55. The molecule has 0 saturated heterocycles. The summed E-state index contributed by atoms with van der Waals surface area (Å²) >= 11 is 0. The van der Waals surface area contributed by atoms with Gasteiger partial charge in [0.1, 0.15) is 5.75 Å².